The standard InChI is InChI=1S/C16H25N2O2.ClH/c1-14(2)16(19)20-17-11-8-12-18(3,4)13-15-9-6-5-7-10-15;/h5-7,9-10,17H,1,8,11-13H2,2-4H3;1H/q+1;/p-1. The molecule has 1 rings (SSSR count). The molecule has 1 aromatic rings. The molecule has 0 saturated heterocycles. The van der Waals surface area contributed by atoms with Gasteiger partial charge in [-0.15, -0.1) is 0 Å². The van der Waals surface area contributed by atoms with Crippen molar-refractivity contribution in [1.29, 1.82) is 0 Å². The average Bonchev–Trinajstić information content (AvgIpc) is 2.38. The van der Waals surface area contributed by atoms with Crippen LogP contribution < -0.4 is 17.9 Å². The molecule has 0 heterocycles. The van der Waals surface area contributed by atoms with Crippen molar-refractivity contribution in [3.05, 3.63) is 48.0 Å². The van der Waals surface area contributed by atoms with Gasteiger partial charge in [0.25, 0.3) is 0 Å². The van der Waals surface area contributed by atoms with Gasteiger partial charge in [0.1, 0.15) is 6.54 Å². The number of hydrogen-bond acceptors (Lipinski definition) is 3. The Hall–Kier alpha value is -1.36. The van der Waals surface area contributed by atoms with Gasteiger partial charge >= 0.3 is 5.97 Å². The third-order valence-corrected chi connectivity index (χ3v) is 3.01. The van der Waals surface area contributed by atoms with Crippen LogP contribution in [0.4, 0.5) is 0 Å². The maximum atomic E-state index is 11.2. The third kappa shape index (κ3) is 8.50. The van der Waals surface area contributed by atoms with E-state index in [0.29, 0.717) is 12.1 Å². The lowest BCUT2D eigenvalue weighted by Gasteiger charge is -2.30. The van der Waals surface area contributed by atoms with E-state index in [-0.39, 0.29) is 12.4 Å². The number of hydrogen-bond donors (Lipinski definition) is 1. The second kappa shape index (κ2) is 9.55. The van der Waals surface area contributed by atoms with Crippen LogP contribution in [0.1, 0.15) is 18.9 Å². The molecule has 4 nitrogen and oxygen atoms in total. The second-order valence-corrected chi connectivity index (χ2v) is 5.72. The molecule has 1 N–H and O–H groups in total. The molecule has 0 amide bonds. The quantitative estimate of drug-likeness (QED) is 0.298. The van der Waals surface area contributed by atoms with E-state index in [1.54, 1.807) is 6.92 Å². The van der Waals surface area contributed by atoms with Crippen molar-refractivity contribution < 1.29 is 26.5 Å². The maximum absolute atomic E-state index is 11.2. The van der Waals surface area contributed by atoms with Gasteiger partial charge in [-0.1, -0.05) is 36.9 Å². The summed E-state index contributed by atoms with van der Waals surface area (Å²) in [7, 11) is 4.40. The van der Waals surface area contributed by atoms with E-state index in [4.69, 9.17) is 4.84 Å². The molecule has 5 heteroatoms. The third-order valence-electron chi connectivity index (χ3n) is 3.01. The molecule has 0 aliphatic carbocycles. The Kier molecular flexibility index (Phi) is 8.93. The number of nitrogens with one attached hydrogen (secondary N) is 1. The zero-order chi connectivity index (χ0) is 15.0. The summed E-state index contributed by atoms with van der Waals surface area (Å²) in [4.78, 5) is 16.0. The molecule has 0 bridgehead atoms. The number of nitrogens with zero attached hydrogens (tertiary/aromatic N) is 1. The molecular formula is C16H25ClN2O2. The minimum absolute atomic E-state index is 0. The smallest absolute Gasteiger partial charge is 0.351 e. The summed E-state index contributed by atoms with van der Waals surface area (Å²) in [6.07, 6.45) is 0.934. The zero-order valence-electron chi connectivity index (χ0n) is 13.1. The van der Waals surface area contributed by atoms with Gasteiger partial charge < -0.3 is 21.7 Å². The van der Waals surface area contributed by atoms with E-state index < -0.39 is 5.97 Å². The van der Waals surface area contributed by atoms with Crippen LogP contribution in [0.2, 0.25) is 0 Å². The minimum Gasteiger partial charge on any atom is -1.00 e. The fourth-order valence-electron chi connectivity index (χ4n) is 1.94. The summed E-state index contributed by atoms with van der Waals surface area (Å²) in [5.41, 5.74) is 4.42. The van der Waals surface area contributed by atoms with Gasteiger partial charge in [-0.3, -0.25) is 0 Å². The van der Waals surface area contributed by atoms with Crippen LogP contribution in [0.5, 0.6) is 0 Å². The lowest BCUT2D eigenvalue weighted by molar-refractivity contribution is -0.903. The highest BCUT2D eigenvalue weighted by atomic mass is 35.5. The second-order valence-electron chi connectivity index (χ2n) is 5.72. The number of rotatable bonds is 8. The SMILES string of the molecule is C=C(C)C(=O)ONCCC[N+](C)(C)Cc1ccccc1.[Cl-]. The number of hydroxylamine groups is 1. The molecule has 0 atom stereocenters. The molecule has 118 valence electrons. The van der Waals surface area contributed by atoms with Crippen molar-refractivity contribution in [3.63, 3.8) is 0 Å². The lowest BCUT2D eigenvalue weighted by Crippen LogP contribution is -3.00. The number of carbonyl (C=O) groups is 1. The first-order valence-corrected chi connectivity index (χ1v) is 6.86. The minimum atomic E-state index is -0.400. The molecule has 0 aromatic heterocycles. The van der Waals surface area contributed by atoms with Crippen molar-refractivity contribution in [3.8, 4) is 0 Å². The van der Waals surface area contributed by atoms with Crippen molar-refractivity contribution in [2.24, 2.45) is 0 Å². The molecule has 1 aromatic carbocycles. The number of benzene rings is 1. The Morgan fingerprint density at radius 1 is 1.29 bits per heavy atom. The molecule has 0 saturated carbocycles. The first kappa shape index (κ1) is 19.6. The highest BCUT2D eigenvalue weighted by Crippen LogP contribution is 2.09. The number of halogens is 1. The van der Waals surface area contributed by atoms with Crippen molar-refractivity contribution >= 4 is 5.97 Å². The fraction of sp³-hybridized carbons (Fsp3) is 0.438. The Morgan fingerprint density at radius 3 is 2.48 bits per heavy atom. The first-order valence-electron chi connectivity index (χ1n) is 6.86. The topological polar surface area (TPSA) is 38.3 Å². The van der Waals surface area contributed by atoms with Crippen LogP contribution in [-0.2, 0) is 16.2 Å². The molecular weight excluding hydrogens is 288 g/mol. The van der Waals surface area contributed by atoms with Gasteiger partial charge in [0.05, 0.1) is 20.6 Å². The highest BCUT2D eigenvalue weighted by Gasteiger charge is 2.15. The van der Waals surface area contributed by atoms with Crippen LogP contribution in [0.25, 0.3) is 0 Å². The number of carbonyl (C=O) groups excluding carboxylic acids is 1. The number of quaternary nitrogens is 1. The van der Waals surface area contributed by atoms with Gasteiger partial charge in [-0.25, -0.2) is 4.79 Å². The Morgan fingerprint density at radius 2 is 1.90 bits per heavy atom. The first-order chi connectivity index (χ1) is 9.41. The highest BCUT2D eigenvalue weighted by molar-refractivity contribution is 5.86. The normalized spacial score (nSPS) is 10.6. The monoisotopic (exact) mass is 312 g/mol. The summed E-state index contributed by atoms with van der Waals surface area (Å²) in [6.45, 7) is 7.80. The average molecular weight is 313 g/mol. The van der Waals surface area contributed by atoms with Gasteiger partial charge in [-0.05, 0) is 6.92 Å². The Bertz CT molecular complexity index is 447. The Balaban J connectivity index is 0.00000400. The molecule has 21 heavy (non-hydrogen) atoms. The predicted octanol–water partition coefficient (Wildman–Crippen LogP) is -0.719. The molecule has 0 unspecified atom stereocenters. The van der Waals surface area contributed by atoms with Crippen molar-refractivity contribution in [2.75, 3.05) is 27.2 Å². The zero-order valence-corrected chi connectivity index (χ0v) is 13.8. The van der Waals surface area contributed by atoms with Crippen LogP contribution in [0.15, 0.2) is 42.5 Å². The van der Waals surface area contributed by atoms with Crippen molar-refractivity contribution in [1.82, 2.24) is 5.48 Å². The predicted molar refractivity (Wildman–Crippen MR) is 80.6 cm³/mol. The Labute approximate surface area is 133 Å². The van der Waals surface area contributed by atoms with E-state index >= 15 is 0 Å². The summed E-state index contributed by atoms with van der Waals surface area (Å²) in [5, 5.41) is 0. The van der Waals surface area contributed by atoms with E-state index in [1.165, 1.54) is 5.56 Å². The van der Waals surface area contributed by atoms with E-state index in [9.17, 15) is 4.79 Å². The van der Waals surface area contributed by atoms with Gasteiger partial charge in [-0.2, -0.15) is 5.48 Å². The van der Waals surface area contributed by atoms with Crippen molar-refractivity contribution in [2.45, 2.75) is 19.9 Å². The van der Waals surface area contributed by atoms with Crippen LogP contribution in [0.3, 0.4) is 0 Å². The van der Waals surface area contributed by atoms with Crippen LogP contribution in [0, 0.1) is 0 Å². The summed E-state index contributed by atoms with van der Waals surface area (Å²) >= 11 is 0. The van der Waals surface area contributed by atoms with Gasteiger partial charge in [0, 0.05) is 24.1 Å². The van der Waals surface area contributed by atoms with Crippen LogP contribution >= 0.6 is 0 Å². The van der Waals surface area contributed by atoms with Gasteiger partial charge in [0.2, 0.25) is 0 Å². The van der Waals surface area contributed by atoms with E-state index in [0.717, 1.165) is 24.0 Å². The maximum Gasteiger partial charge on any atom is 0.351 e. The lowest BCUT2D eigenvalue weighted by atomic mass is 10.2. The molecule has 0 fully saturated rings. The summed E-state index contributed by atoms with van der Waals surface area (Å²) in [5.74, 6) is -0.400. The summed E-state index contributed by atoms with van der Waals surface area (Å²) in [6, 6.07) is 10.4. The van der Waals surface area contributed by atoms with E-state index in [1.807, 2.05) is 6.07 Å². The molecule has 0 aliphatic heterocycles. The largest absolute Gasteiger partial charge is 1.00 e. The molecule has 0 aliphatic rings. The fourth-order valence-corrected chi connectivity index (χ4v) is 1.94. The van der Waals surface area contributed by atoms with Crippen LogP contribution in [-0.4, -0.2) is 37.6 Å². The van der Waals surface area contributed by atoms with E-state index in [2.05, 4.69) is 50.4 Å². The summed E-state index contributed by atoms with van der Waals surface area (Å²) < 4.78 is 0.903. The molecule has 0 radical (unpaired) electrons. The van der Waals surface area contributed by atoms with Gasteiger partial charge in [0.15, 0.2) is 0 Å². The molecule has 0 spiro atoms.